The number of unbranched alkanes of at least 4 members (excludes halogenated alkanes) is 23. The topological polar surface area (TPSA) is 134 Å². The molecule has 2 atom stereocenters. The average Bonchev–Trinajstić information content (AvgIpc) is 3.17. The minimum atomic E-state index is -4.38. The smallest absolute Gasteiger partial charge is 0.462 e. The van der Waals surface area contributed by atoms with E-state index in [2.05, 4.69) is 50.3 Å². The zero-order valence-electron chi connectivity index (χ0n) is 35.4. The van der Waals surface area contributed by atoms with Gasteiger partial charge in [-0.05, 0) is 70.6 Å². The molecule has 0 aliphatic rings. The van der Waals surface area contributed by atoms with Gasteiger partial charge in [0.05, 0.1) is 13.2 Å². The van der Waals surface area contributed by atoms with Gasteiger partial charge in [-0.1, -0.05) is 159 Å². The lowest BCUT2D eigenvalue weighted by molar-refractivity contribution is -0.161. The van der Waals surface area contributed by atoms with Crippen molar-refractivity contribution in [3.63, 3.8) is 0 Å². The van der Waals surface area contributed by atoms with Crippen molar-refractivity contribution in [1.29, 1.82) is 0 Å². The normalized spacial score (nSPS) is 13.6. The van der Waals surface area contributed by atoms with Gasteiger partial charge in [0.1, 0.15) is 6.61 Å². The molecule has 0 heterocycles. The number of phosphoric ester groups is 1. The van der Waals surface area contributed by atoms with Crippen LogP contribution in [0, 0.1) is 0 Å². The Morgan fingerprint density at radius 3 is 1.45 bits per heavy atom. The molecule has 322 valence electrons. The van der Waals surface area contributed by atoms with Crippen molar-refractivity contribution in [2.45, 2.75) is 213 Å². The molecule has 0 amide bonds. The highest BCUT2D eigenvalue weighted by Crippen LogP contribution is 2.43. The highest BCUT2D eigenvalue weighted by Gasteiger charge is 2.26. The zero-order valence-corrected chi connectivity index (χ0v) is 36.3. The first kappa shape index (κ1) is 53.2. The van der Waals surface area contributed by atoms with Crippen LogP contribution in [0.15, 0.2) is 36.5 Å². The summed E-state index contributed by atoms with van der Waals surface area (Å²) < 4.78 is 32.8. The van der Waals surface area contributed by atoms with Crippen molar-refractivity contribution in [2.75, 3.05) is 26.4 Å². The molecule has 0 saturated carbocycles. The van der Waals surface area contributed by atoms with Gasteiger partial charge in [-0.2, -0.15) is 0 Å². The van der Waals surface area contributed by atoms with Gasteiger partial charge in [-0.3, -0.25) is 18.6 Å². The van der Waals surface area contributed by atoms with E-state index in [1.54, 1.807) is 0 Å². The molecule has 0 aliphatic carbocycles. The minimum Gasteiger partial charge on any atom is -0.462 e. The van der Waals surface area contributed by atoms with E-state index in [9.17, 15) is 19.0 Å². The maximum absolute atomic E-state index is 12.6. The van der Waals surface area contributed by atoms with Gasteiger partial charge in [0, 0.05) is 19.4 Å². The number of ether oxygens (including phenoxy) is 2. The van der Waals surface area contributed by atoms with Crippen LogP contribution in [-0.2, 0) is 32.7 Å². The van der Waals surface area contributed by atoms with E-state index < -0.39 is 26.5 Å². The molecule has 0 radical (unpaired) electrons. The van der Waals surface area contributed by atoms with Crippen LogP contribution in [0.3, 0.4) is 0 Å². The summed E-state index contributed by atoms with van der Waals surface area (Å²) in [4.78, 5) is 34.9. The summed E-state index contributed by atoms with van der Waals surface area (Å²) in [6.07, 6.45) is 46.0. The van der Waals surface area contributed by atoms with Crippen LogP contribution in [0.25, 0.3) is 0 Å². The second-order valence-corrected chi connectivity index (χ2v) is 16.4. The Morgan fingerprint density at radius 2 is 0.945 bits per heavy atom. The van der Waals surface area contributed by atoms with Crippen molar-refractivity contribution in [2.24, 2.45) is 5.73 Å². The molecule has 10 heteroatoms. The summed E-state index contributed by atoms with van der Waals surface area (Å²) in [7, 11) is -4.38. The minimum absolute atomic E-state index is 0.0505. The Hall–Kier alpha value is -1.77. The molecule has 0 aromatic rings. The van der Waals surface area contributed by atoms with Crippen molar-refractivity contribution >= 4 is 19.8 Å². The first-order valence-electron chi connectivity index (χ1n) is 22.5. The number of nitrogens with two attached hydrogens (primary N) is 1. The Labute approximate surface area is 337 Å². The summed E-state index contributed by atoms with van der Waals surface area (Å²) in [5.41, 5.74) is 5.35. The number of hydrogen-bond donors (Lipinski definition) is 2. The van der Waals surface area contributed by atoms with Crippen LogP contribution in [-0.4, -0.2) is 49.3 Å². The molecule has 0 fully saturated rings. The Kier molecular flexibility index (Phi) is 40.5. The van der Waals surface area contributed by atoms with E-state index in [0.717, 1.165) is 51.4 Å². The SMILES string of the molecule is CCCCC/C=C/C/C=C/CCCCCCCCCCCC(=O)OC[C@H](COP(=O)(O)OCCN)OC(=O)CCCCC/C=C/CCCCCCCCCC. The van der Waals surface area contributed by atoms with Crippen molar-refractivity contribution in [3.8, 4) is 0 Å². The average molecular weight is 798 g/mol. The van der Waals surface area contributed by atoms with Crippen molar-refractivity contribution in [3.05, 3.63) is 36.5 Å². The molecule has 9 nitrogen and oxygen atoms in total. The second kappa shape index (κ2) is 41.9. The molecule has 0 aromatic heterocycles. The van der Waals surface area contributed by atoms with E-state index in [1.165, 1.54) is 122 Å². The molecule has 0 spiro atoms. The number of allylic oxidation sites excluding steroid dienone is 6. The number of hydrogen-bond acceptors (Lipinski definition) is 8. The summed E-state index contributed by atoms with van der Waals surface area (Å²) in [6.45, 7) is 3.70. The van der Waals surface area contributed by atoms with Crippen LogP contribution < -0.4 is 5.73 Å². The van der Waals surface area contributed by atoms with Gasteiger partial charge in [0.25, 0.3) is 0 Å². The van der Waals surface area contributed by atoms with E-state index in [-0.39, 0.29) is 38.6 Å². The number of carbonyl (C=O) groups is 2. The van der Waals surface area contributed by atoms with E-state index in [0.29, 0.717) is 6.42 Å². The largest absolute Gasteiger partial charge is 0.472 e. The summed E-state index contributed by atoms with van der Waals surface area (Å²) in [6, 6.07) is 0. The van der Waals surface area contributed by atoms with Crippen molar-refractivity contribution in [1.82, 2.24) is 0 Å². The lowest BCUT2D eigenvalue weighted by atomic mass is 10.1. The van der Waals surface area contributed by atoms with Crippen LogP contribution in [0.1, 0.15) is 206 Å². The summed E-state index contributed by atoms with van der Waals surface area (Å²) in [5, 5.41) is 0. The van der Waals surface area contributed by atoms with Gasteiger partial charge in [0.2, 0.25) is 0 Å². The maximum Gasteiger partial charge on any atom is 0.472 e. The molecule has 0 saturated heterocycles. The number of phosphoric acid groups is 1. The fourth-order valence-corrected chi connectivity index (χ4v) is 6.89. The van der Waals surface area contributed by atoms with Crippen LogP contribution in [0.5, 0.6) is 0 Å². The molecular weight excluding hydrogens is 713 g/mol. The van der Waals surface area contributed by atoms with Gasteiger partial charge < -0.3 is 20.1 Å². The monoisotopic (exact) mass is 798 g/mol. The summed E-state index contributed by atoms with van der Waals surface area (Å²) >= 11 is 0. The fourth-order valence-electron chi connectivity index (χ4n) is 6.13. The van der Waals surface area contributed by atoms with Crippen LogP contribution in [0.2, 0.25) is 0 Å². The highest BCUT2D eigenvalue weighted by molar-refractivity contribution is 7.47. The molecule has 1 unspecified atom stereocenters. The predicted molar refractivity (Wildman–Crippen MR) is 229 cm³/mol. The predicted octanol–water partition coefficient (Wildman–Crippen LogP) is 12.9. The second-order valence-electron chi connectivity index (χ2n) is 14.9. The Balaban J connectivity index is 4.14. The van der Waals surface area contributed by atoms with Crippen molar-refractivity contribution < 1.29 is 37.6 Å². The first-order valence-corrected chi connectivity index (χ1v) is 24.0. The van der Waals surface area contributed by atoms with Gasteiger partial charge in [0.15, 0.2) is 6.10 Å². The third-order valence-electron chi connectivity index (χ3n) is 9.50. The van der Waals surface area contributed by atoms with E-state index in [1.807, 2.05) is 0 Å². The molecule has 0 aromatic carbocycles. The summed E-state index contributed by atoms with van der Waals surface area (Å²) in [5.74, 6) is -0.848. The number of esters is 2. The lowest BCUT2D eigenvalue weighted by Crippen LogP contribution is -2.29. The number of carbonyl (C=O) groups excluding carboxylic acids is 2. The van der Waals surface area contributed by atoms with Gasteiger partial charge in [-0.15, -0.1) is 0 Å². The molecule has 0 bridgehead atoms. The quantitative estimate of drug-likeness (QED) is 0.0268. The molecule has 55 heavy (non-hydrogen) atoms. The molecular formula is C45H84NO8P. The molecule has 0 rings (SSSR count). The van der Waals surface area contributed by atoms with E-state index >= 15 is 0 Å². The maximum atomic E-state index is 12.6. The standard InChI is InChI=1S/C45H84NO8P/c1-3-5-7-9-11-13-15-17-19-20-21-22-24-25-27-29-31-33-35-37-44(47)51-41-43(42-53-55(49,50)52-40-39-46)54-45(48)38-36-34-32-30-28-26-23-18-16-14-12-10-8-6-4-2/h11,13,17,19,26,28,43H,3-10,12,14-16,18,20-25,27,29-42,46H2,1-2H3,(H,49,50)/b13-11+,19-17+,28-26+/t43-/m1/s1. The molecule has 3 N–H and O–H groups in total. The Bertz CT molecular complexity index is 1000. The zero-order chi connectivity index (χ0) is 40.3. The number of rotatable bonds is 42. The van der Waals surface area contributed by atoms with Gasteiger partial charge in [-0.25, -0.2) is 4.57 Å². The van der Waals surface area contributed by atoms with Crippen LogP contribution >= 0.6 is 7.82 Å². The lowest BCUT2D eigenvalue weighted by Gasteiger charge is -2.19. The van der Waals surface area contributed by atoms with Crippen LogP contribution in [0.4, 0.5) is 0 Å². The highest BCUT2D eigenvalue weighted by atomic mass is 31.2. The third-order valence-corrected chi connectivity index (χ3v) is 10.5. The molecule has 0 aliphatic heterocycles. The first-order chi connectivity index (χ1) is 26.8. The Morgan fingerprint density at radius 1 is 0.545 bits per heavy atom. The third kappa shape index (κ3) is 41.7. The fraction of sp³-hybridized carbons (Fsp3) is 0.822. The van der Waals surface area contributed by atoms with Gasteiger partial charge >= 0.3 is 19.8 Å². The van der Waals surface area contributed by atoms with E-state index in [4.69, 9.17) is 24.3 Å².